The summed E-state index contributed by atoms with van der Waals surface area (Å²) in [5.74, 6) is 0.778. The Hall–Kier alpha value is 0.310. The summed E-state index contributed by atoms with van der Waals surface area (Å²) in [5, 5.41) is 4.99. The van der Waals surface area contributed by atoms with E-state index < -0.39 is 0 Å². The summed E-state index contributed by atoms with van der Waals surface area (Å²) in [7, 11) is 0. The van der Waals surface area contributed by atoms with Crippen LogP contribution in [0.2, 0.25) is 0 Å². The molecule has 1 nitrogen and oxygen atoms in total. The van der Waals surface area contributed by atoms with Gasteiger partial charge in [0.25, 0.3) is 0 Å². The molecule has 0 aromatic carbocycles. The van der Waals surface area contributed by atoms with Crippen molar-refractivity contribution in [2.75, 3.05) is 6.54 Å². The van der Waals surface area contributed by atoms with E-state index in [0.717, 1.165) is 11.2 Å². The molecule has 2 atom stereocenters. The van der Waals surface area contributed by atoms with Crippen LogP contribution in [0.3, 0.4) is 0 Å². The van der Waals surface area contributed by atoms with Crippen LogP contribution in [0.25, 0.3) is 0 Å². The fourth-order valence-electron chi connectivity index (χ4n) is 1.02. The van der Waals surface area contributed by atoms with Crippen LogP contribution in [-0.4, -0.2) is 17.2 Å². The zero-order valence-corrected chi connectivity index (χ0v) is 7.16. The smallest absolute Gasteiger partial charge is 0.0558 e. The second-order valence-corrected chi connectivity index (χ2v) is 4.60. The Morgan fingerprint density at radius 2 is 2.22 bits per heavy atom. The molecule has 1 aliphatic heterocycles. The van der Waals surface area contributed by atoms with E-state index in [2.05, 4.69) is 37.8 Å². The molecule has 0 aromatic heterocycles. The third kappa shape index (κ3) is 1.87. The largest absolute Gasteiger partial charge is 0.304 e. The summed E-state index contributed by atoms with van der Waals surface area (Å²) in [6, 6.07) is 0. The molecule has 9 heavy (non-hydrogen) atoms. The van der Waals surface area contributed by atoms with Gasteiger partial charge in [-0.05, 0) is 5.92 Å². The quantitative estimate of drug-likeness (QED) is 0.602. The van der Waals surface area contributed by atoms with Gasteiger partial charge in [0.15, 0.2) is 0 Å². The zero-order valence-electron chi connectivity index (χ0n) is 6.35. The number of thioether (sulfide) groups is 1. The van der Waals surface area contributed by atoms with Crippen molar-refractivity contribution in [3.63, 3.8) is 0 Å². The zero-order chi connectivity index (χ0) is 6.85. The molecule has 2 unspecified atom stereocenters. The number of nitrogens with one attached hydrogen (secondary N) is 1. The molecule has 1 N–H and O–H groups in total. The Labute approximate surface area is 61.6 Å². The molecule has 0 aliphatic carbocycles. The van der Waals surface area contributed by atoms with E-state index in [4.69, 9.17) is 0 Å². The van der Waals surface area contributed by atoms with Gasteiger partial charge < -0.3 is 5.32 Å². The Balaban J connectivity index is 2.30. The van der Waals surface area contributed by atoms with Crippen molar-refractivity contribution in [1.82, 2.24) is 5.32 Å². The van der Waals surface area contributed by atoms with Crippen molar-refractivity contribution < 1.29 is 0 Å². The predicted molar refractivity (Wildman–Crippen MR) is 43.7 cm³/mol. The van der Waals surface area contributed by atoms with Crippen molar-refractivity contribution in [1.29, 1.82) is 0 Å². The number of hydrogen-bond acceptors (Lipinski definition) is 2. The minimum atomic E-state index is 0.708. The highest BCUT2D eigenvalue weighted by Gasteiger charge is 2.22. The molecule has 2 heteroatoms. The maximum atomic E-state index is 3.47. The minimum Gasteiger partial charge on any atom is -0.304 e. The summed E-state index contributed by atoms with van der Waals surface area (Å²) < 4.78 is 0. The van der Waals surface area contributed by atoms with Crippen LogP contribution in [0.4, 0.5) is 0 Å². The van der Waals surface area contributed by atoms with Crippen molar-refractivity contribution in [3.8, 4) is 0 Å². The normalized spacial score (nSPS) is 36.0. The lowest BCUT2D eigenvalue weighted by Crippen LogP contribution is -2.24. The first-order valence-corrected chi connectivity index (χ1v) is 4.53. The van der Waals surface area contributed by atoms with Crippen LogP contribution in [0.15, 0.2) is 0 Å². The van der Waals surface area contributed by atoms with Crippen LogP contribution in [0.1, 0.15) is 20.8 Å². The standard InChI is InChI=1S/C7H15NS/c1-5(2)7-8-4-6(3)9-7/h5-8H,4H2,1-3H3. The molecule has 0 bridgehead atoms. The first kappa shape index (κ1) is 7.42. The van der Waals surface area contributed by atoms with Crippen LogP contribution >= 0.6 is 11.8 Å². The Morgan fingerprint density at radius 1 is 1.56 bits per heavy atom. The SMILES string of the molecule is CC1CNC(C(C)C)S1. The molecule has 0 aromatic rings. The fourth-order valence-corrected chi connectivity index (χ4v) is 2.22. The van der Waals surface area contributed by atoms with Crippen LogP contribution in [0.5, 0.6) is 0 Å². The highest BCUT2D eigenvalue weighted by molar-refractivity contribution is 8.00. The minimum absolute atomic E-state index is 0.708. The summed E-state index contributed by atoms with van der Waals surface area (Å²) in [6.07, 6.45) is 0. The second kappa shape index (κ2) is 2.93. The second-order valence-electron chi connectivity index (χ2n) is 3.02. The molecule has 0 saturated carbocycles. The highest BCUT2D eigenvalue weighted by atomic mass is 32.2. The fraction of sp³-hybridized carbons (Fsp3) is 1.00. The molecule has 1 aliphatic rings. The maximum absolute atomic E-state index is 3.47. The lowest BCUT2D eigenvalue weighted by Gasteiger charge is -2.12. The molecule has 0 radical (unpaired) electrons. The van der Waals surface area contributed by atoms with Gasteiger partial charge in [-0.3, -0.25) is 0 Å². The average molecular weight is 145 g/mol. The Morgan fingerprint density at radius 3 is 2.44 bits per heavy atom. The maximum Gasteiger partial charge on any atom is 0.0558 e. The van der Waals surface area contributed by atoms with Crippen molar-refractivity contribution in [2.24, 2.45) is 5.92 Å². The third-order valence-electron chi connectivity index (χ3n) is 1.59. The first-order valence-electron chi connectivity index (χ1n) is 3.59. The van der Waals surface area contributed by atoms with Gasteiger partial charge in [0, 0.05) is 11.8 Å². The van der Waals surface area contributed by atoms with Crippen LogP contribution in [-0.2, 0) is 0 Å². The van der Waals surface area contributed by atoms with Gasteiger partial charge in [-0.2, -0.15) is 0 Å². The summed E-state index contributed by atoms with van der Waals surface area (Å²) >= 11 is 2.06. The van der Waals surface area contributed by atoms with E-state index in [1.807, 2.05) is 0 Å². The monoisotopic (exact) mass is 145 g/mol. The molecule has 1 rings (SSSR count). The molecule has 1 heterocycles. The van der Waals surface area contributed by atoms with Crippen molar-refractivity contribution in [3.05, 3.63) is 0 Å². The average Bonchev–Trinajstić information content (AvgIpc) is 2.14. The van der Waals surface area contributed by atoms with Crippen molar-refractivity contribution >= 4 is 11.8 Å². The first-order chi connectivity index (χ1) is 4.20. The molecule has 1 saturated heterocycles. The van der Waals surface area contributed by atoms with E-state index in [-0.39, 0.29) is 0 Å². The van der Waals surface area contributed by atoms with Gasteiger partial charge in [0.2, 0.25) is 0 Å². The van der Waals surface area contributed by atoms with E-state index in [1.165, 1.54) is 6.54 Å². The van der Waals surface area contributed by atoms with Gasteiger partial charge in [-0.15, -0.1) is 11.8 Å². The van der Waals surface area contributed by atoms with E-state index in [0.29, 0.717) is 5.37 Å². The lowest BCUT2D eigenvalue weighted by atomic mass is 10.2. The highest BCUT2D eigenvalue weighted by Crippen LogP contribution is 2.26. The Bertz CT molecular complexity index is 92.9. The number of hydrogen-bond donors (Lipinski definition) is 1. The van der Waals surface area contributed by atoms with Gasteiger partial charge in [-0.25, -0.2) is 0 Å². The predicted octanol–water partition coefficient (Wildman–Crippen LogP) is 1.69. The molecule has 54 valence electrons. The van der Waals surface area contributed by atoms with Gasteiger partial charge >= 0.3 is 0 Å². The van der Waals surface area contributed by atoms with Gasteiger partial charge in [0.1, 0.15) is 0 Å². The lowest BCUT2D eigenvalue weighted by molar-refractivity contribution is 0.540. The summed E-state index contributed by atoms with van der Waals surface area (Å²) in [5.41, 5.74) is 0. The molecular weight excluding hydrogens is 130 g/mol. The van der Waals surface area contributed by atoms with Crippen LogP contribution < -0.4 is 5.32 Å². The topological polar surface area (TPSA) is 12.0 Å². The van der Waals surface area contributed by atoms with E-state index in [9.17, 15) is 0 Å². The molecule has 0 amide bonds. The van der Waals surface area contributed by atoms with E-state index >= 15 is 0 Å². The van der Waals surface area contributed by atoms with Gasteiger partial charge in [-0.1, -0.05) is 20.8 Å². The summed E-state index contributed by atoms with van der Waals surface area (Å²) in [4.78, 5) is 0. The molecular formula is C7H15NS. The number of rotatable bonds is 1. The van der Waals surface area contributed by atoms with E-state index in [1.54, 1.807) is 0 Å². The third-order valence-corrected chi connectivity index (χ3v) is 3.23. The van der Waals surface area contributed by atoms with Crippen LogP contribution in [0, 0.1) is 5.92 Å². The van der Waals surface area contributed by atoms with Gasteiger partial charge in [0.05, 0.1) is 5.37 Å². The summed E-state index contributed by atoms with van der Waals surface area (Å²) in [6.45, 7) is 8.00. The van der Waals surface area contributed by atoms with Crippen molar-refractivity contribution in [2.45, 2.75) is 31.4 Å². The molecule has 1 fully saturated rings. The molecule has 0 spiro atoms. The Kier molecular flexibility index (Phi) is 2.42.